The molecule has 24 heavy (non-hydrogen) atoms. The van der Waals surface area contributed by atoms with Gasteiger partial charge in [0.05, 0.1) is 22.8 Å². The third kappa shape index (κ3) is 3.55. The summed E-state index contributed by atoms with van der Waals surface area (Å²) in [6.45, 7) is 3.14. The molecule has 1 N–H and O–H groups in total. The number of likely N-dealkylation sites (tertiary alicyclic amines) is 1. The molecule has 130 valence electrons. The fraction of sp³-hybridized carbons (Fsp3) is 0.444. The molecule has 1 aromatic heterocycles. The van der Waals surface area contributed by atoms with Crippen LogP contribution in [0.1, 0.15) is 37.1 Å². The molecule has 0 aliphatic carbocycles. The van der Waals surface area contributed by atoms with Gasteiger partial charge in [-0.3, -0.25) is 4.90 Å². The lowest BCUT2D eigenvalue weighted by Gasteiger charge is -2.32. The maximum Gasteiger partial charge on any atom is 0.175 e. The maximum atomic E-state index is 11.6. The fourth-order valence-electron chi connectivity index (χ4n) is 3.37. The molecule has 2 heterocycles. The second-order valence-corrected chi connectivity index (χ2v) is 8.73. The van der Waals surface area contributed by atoms with Crippen LogP contribution < -0.4 is 0 Å². The van der Waals surface area contributed by atoms with E-state index in [0.29, 0.717) is 12.1 Å². The lowest BCUT2D eigenvalue weighted by Crippen LogP contribution is -2.38. The summed E-state index contributed by atoms with van der Waals surface area (Å²) in [5.41, 5.74) is -0.356. The zero-order valence-electron chi connectivity index (χ0n) is 14.0. The maximum absolute atomic E-state index is 11.6. The molecule has 0 bridgehead atoms. The van der Waals surface area contributed by atoms with Gasteiger partial charge in [-0.1, -0.05) is 12.1 Å². The van der Waals surface area contributed by atoms with Crippen molar-refractivity contribution < 1.29 is 17.9 Å². The average molecular weight is 349 g/mol. The van der Waals surface area contributed by atoms with E-state index in [2.05, 4.69) is 4.90 Å². The Hall–Kier alpha value is -1.63. The lowest BCUT2D eigenvalue weighted by molar-refractivity contribution is 0.00933. The van der Waals surface area contributed by atoms with Crippen LogP contribution in [0, 0.1) is 0 Å². The van der Waals surface area contributed by atoms with Crippen LogP contribution in [-0.2, 0) is 15.4 Å². The van der Waals surface area contributed by atoms with Gasteiger partial charge in [-0.2, -0.15) is 0 Å². The van der Waals surface area contributed by atoms with Gasteiger partial charge in [0.25, 0.3) is 0 Å². The van der Waals surface area contributed by atoms with Crippen molar-refractivity contribution in [3.63, 3.8) is 0 Å². The SMILES string of the molecule is C[C@@](O)(CN1CCC[C@@H]1c1ccco1)c1ccc(S(C)(=O)=O)cc1. The highest BCUT2D eigenvalue weighted by Gasteiger charge is 2.34. The standard InChI is InChI=1S/C18H23NO4S/c1-18(20,14-7-9-15(10-8-14)24(2,21)22)13-19-11-3-5-16(19)17-6-4-12-23-17/h4,6-10,12,16,20H,3,5,11,13H2,1-2H3/t16-,18-/m1/s1. The molecule has 1 fully saturated rings. The Morgan fingerprint density at radius 2 is 2.00 bits per heavy atom. The van der Waals surface area contributed by atoms with E-state index >= 15 is 0 Å². The topological polar surface area (TPSA) is 70.8 Å². The van der Waals surface area contributed by atoms with E-state index in [1.54, 1.807) is 37.5 Å². The van der Waals surface area contributed by atoms with Gasteiger partial charge in [0, 0.05) is 12.8 Å². The predicted molar refractivity (Wildman–Crippen MR) is 91.4 cm³/mol. The number of rotatable bonds is 5. The molecular formula is C18H23NO4S. The Kier molecular flexibility index (Phi) is 4.55. The van der Waals surface area contributed by atoms with Crippen molar-refractivity contribution in [2.24, 2.45) is 0 Å². The zero-order chi connectivity index (χ0) is 17.4. The van der Waals surface area contributed by atoms with Crippen LogP contribution in [0.25, 0.3) is 0 Å². The van der Waals surface area contributed by atoms with Gasteiger partial charge in [0.2, 0.25) is 0 Å². The molecular weight excluding hydrogens is 326 g/mol. The highest BCUT2D eigenvalue weighted by atomic mass is 32.2. The van der Waals surface area contributed by atoms with Gasteiger partial charge in [-0.15, -0.1) is 0 Å². The van der Waals surface area contributed by atoms with Gasteiger partial charge in [0.1, 0.15) is 5.76 Å². The summed E-state index contributed by atoms with van der Waals surface area (Å²) < 4.78 is 28.7. The van der Waals surface area contributed by atoms with Crippen LogP contribution in [0.5, 0.6) is 0 Å². The van der Waals surface area contributed by atoms with Crippen molar-refractivity contribution in [2.45, 2.75) is 36.3 Å². The predicted octanol–water partition coefficient (Wildman–Crippen LogP) is 2.73. The summed E-state index contributed by atoms with van der Waals surface area (Å²) >= 11 is 0. The molecule has 0 unspecified atom stereocenters. The van der Waals surface area contributed by atoms with Gasteiger partial charge < -0.3 is 9.52 Å². The van der Waals surface area contributed by atoms with Gasteiger partial charge in [0.15, 0.2) is 9.84 Å². The molecule has 3 rings (SSSR count). The average Bonchev–Trinajstić information content (AvgIpc) is 3.17. The Morgan fingerprint density at radius 3 is 2.58 bits per heavy atom. The molecule has 1 aromatic carbocycles. The lowest BCUT2D eigenvalue weighted by atomic mass is 9.95. The van der Waals surface area contributed by atoms with E-state index in [-0.39, 0.29) is 10.9 Å². The number of nitrogens with zero attached hydrogens (tertiary/aromatic N) is 1. The largest absolute Gasteiger partial charge is 0.468 e. The summed E-state index contributed by atoms with van der Waals surface area (Å²) in [5, 5.41) is 10.9. The van der Waals surface area contributed by atoms with Crippen molar-refractivity contribution in [3.8, 4) is 0 Å². The van der Waals surface area contributed by atoms with Crippen LogP contribution in [0.3, 0.4) is 0 Å². The quantitative estimate of drug-likeness (QED) is 0.899. The normalized spacial score (nSPS) is 21.7. The number of hydrogen-bond acceptors (Lipinski definition) is 5. The van der Waals surface area contributed by atoms with Crippen LogP contribution in [-0.4, -0.2) is 37.8 Å². The first-order valence-corrected chi connectivity index (χ1v) is 9.97. The number of benzene rings is 1. The third-order valence-electron chi connectivity index (χ3n) is 4.65. The summed E-state index contributed by atoms with van der Waals surface area (Å²) in [6, 6.07) is 10.5. The first-order valence-electron chi connectivity index (χ1n) is 8.08. The minimum atomic E-state index is -3.23. The van der Waals surface area contributed by atoms with E-state index in [0.717, 1.165) is 25.1 Å². The minimum absolute atomic E-state index is 0.182. The first kappa shape index (κ1) is 17.2. The Bertz CT molecular complexity index is 779. The van der Waals surface area contributed by atoms with Gasteiger partial charge in [-0.05, 0) is 56.1 Å². The highest BCUT2D eigenvalue weighted by molar-refractivity contribution is 7.90. The van der Waals surface area contributed by atoms with Crippen molar-refractivity contribution in [2.75, 3.05) is 19.3 Å². The van der Waals surface area contributed by atoms with Crippen molar-refractivity contribution >= 4 is 9.84 Å². The van der Waals surface area contributed by atoms with Crippen molar-refractivity contribution in [3.05, 3.63) is 54.0 Å². The molecule has 0 spiro atoms. The minimum Gasteiger partial charge on any atom is -0.468 e. The van der Waals surface area contributed by atoms with Gasteiger partial charge in [-0.25, -0.2) is 8.42 Å². The highest BCUT2D eigenvalue weighted by Crippen LogP contribution is 2.35. The molecule has 1 aliphatic rings. The molecule has 0 saturated carbocycles. The number of hydrogen-bond donors (Lipinski definition) is 1. The molecule has 5 nitrogen and oxygen atoms in total. The molecule has 2 atom stereocenters. The number of sulfone groups is 1. The summed E-state index contributed by atoms with van der Waals surface area (Å²) in [4.78, 5) is 2.49. The molecule has 2 aromatic rings. The molecule has 1 saturated heterocycles. The van der Waals surface area contributed by atoms with E-state index in [4.69, 9.17) is 4.42 Å². The molecule has 0 amide bonds. The van der Waals surface area contributed by atoms with E-state index in [1.165, 1.54) is 6.26 Å². The number of β-amino-alcohol motifs (C(OH)–C–C–N with tert-alkyl or cyclic N) is 1. The van der Waals surface area contributed by atoms with E-state index in [9.17, 15) is 13.5 Å². The van der Waals surface area contributed by atoms with Crippen LogP contribution in [0.2, 0.25) is 0 Å². The number of aliphatic hydroxyl groups is 1. The molecule has 0 radical (unpaired) electrons. The third-order valence-corrected chi connectivity index (χ3v) is 5.78. The van der Waals surface area contributed by atoms with Crippen molar-refractivity contribution in [1.29, 1.82) is 0 Å². The smallest absolute Gasteiger partial charge is 0.175 e. The van der Waals surface area contributed by atoms with Crippen LogP contribution in [0.4, 0.5) is 0 Å². The summed E-state index contributed by atoms with van der Waals surface area (Å²) in [7, 11) is -3.23. The first-order chi connectivity index (χ1) is 11.3. The van der Waals surface area contributed by atoms with Gasteiger partial charge >= 0.3 is 0 Å². The Balaban J connectivity index is 1.78. The number of furan rings is 1. The monoisotopic (exact) mass is 349 g/mol. The fourth-order valence-corrected chi connectivity index (χ4v) is 4.00. The van der Waals surface area contributed by atoms with Crippen LogP contribution in [0.15, 0.2) is 52.0 Å². The molecule has 1 aliphatic heterocycles. The molecule has 6 heteroatoms. The summed E-state index contributed by atoms with van der Waals surface area (Å²) in [6.07, 6.45) is 4.93. The summed E-state index contributed by atoms with van der Waals surface area (Å²) in [5.74, 6) is 0.927. The van der Waals surface area contributed by atoms with E-state index in [1.807, 2.05) is 12.1 Å². The Labute approximate surface area is 142 Å². The second-order valence-electron chi connectivity index (χ2n) is 6.71. The van der Waals surface area contributed by atoms with Crippen molar-refractivity contribution in [1.82, 2.24) is 4.90 Å². The second kappa shape index (κ2) is 6.35. The Morgan fingerprint density at radius 1 is 1.29 bits per heavy atom. The van der Waals surface area contributed by atoms with Crippen LogP contribution >= 0.6 is 0 Å². The zero-order valence-corrected chi connectivity index (χ0v) is 14.8. The van der Waals surface area contributed by atoms with E-state index < -0.39 is 15.4 Å².